The van der Waals surface area contributed by atoms with Gasteiger partial charge >= 0.3 is 0 Å². The van der Waals surface area contributed by atoms with Gasteiger partial charge in [0.15, 0.2) is 0 Å². The monoisotopic (exact) mass is 212 g/mol. The normalized spacial score (nSPS) is 20.8. The van der Waals surface area contributed by atoms with Crippen molar-refractivity contribution in [3.63, 3.8) is 0 Å². The Morgan fingerprint density at radius 1 is 1.53 bits per heavy atom. The van der Waals surface area contributed by atoms with Crippen LogP contribution < -0.4 is 11.3 Å². The number of nitrogens with two attached hydrogens (primary N) is 1. The van der Waals surface area contributed by atoms with Gasteiger partial charge in [-0.05, 0) is 33.1 Å². The Balaban J connectivity index is 2.61. The molecule has 0 unspecified atom stereocenters. The van der Waals surface area contributed by atoms with Crippen LogP contribution >= 0.6 is 0 Å². The van der Waals surface area contributed by atoms with Gasteiger partial charge in [-0.2, -0.15) is 0 Å². The first-order valence-corrected chi connectivity index (χ1v) is 5.90. The van der Waals surface area contributed by atoms with Gasteiger partial charge in [0.1, 0.15) is 0 Å². The zero-order valence-electron chi connectivity index (χ0n) is 10.2. The van der Waals surface area contributed by atoms with Crippen molar-refractivity contribution in [3.8, 4) is 0 Å². The predicted octanol–water partition coefficient (Wildman–Crippen LogP) is 1.48. The topological polar surface area (TPSA) is 53.6 Å². The molecular weight excluding hydrogens is 188 g/mol. The number of hydrogen-bond acceptors (Lipinski definition) is 2. The fourth-order valence-corrected chi connectivity index (χ4v) is 2.05. The van der Waals surface area contributed by atoms with Crippen LogP contribution in [0.5, 0.6) is 0 Å². The molecule has 15 heavy (non-hydrogen) atoms. The van der Waals surface area contributed by atoms with Crippen molar-refractivity contribution in [2.75, 3.05) is 13.1 Å². The Kier molecular flexibility index (Phi) is 4.39. The molecule has 0 amide bonds. The third kappa shape index (κ3) is 3.09. The zero-order valence-corrected chi connectivity index (χ0v) is 10.2. The third-order valence-corrected chi connectivity index (χ3v) is 3.06. The molecule has 0 bridgehead atoms. The van der Waals surface area contributed by atoms with E-state index in [1.54, 1.807) is 0 Å². The highest BCUT2D eigenvalue weighted by molar-refractivity contribution is 5.80. The van der Waals surface area contributed by atoms with Gasteiger partial charge in [-0.15, -0.1) is 0 Å². The number of likely N-dealkylation sites (tertiary alicyclic amines) is 1. The highest BCUT2D eigenvalue weighted by Gasteiger charge is 2.33. The maximum atomic E-state index is 5.53. The summed E-state index contributed by atoms with van der Waals surface area (Å²) in [6.45, 7) is 8.58. The Morgan fingerprint density at radius 3 is 2.73 bits per heavy atom. The summed E-state index contributed by atoms with van der Waals surface area (Å²) < 4.78 is 0. The van der Waals surface area contributed by atoms with E-state index < -0.39 is 0 Å². The van der Waals surface area contributed by atoms with Crippen LogP contribution in [0.25, 0.3) is 0 Å². The lowest BCUT2D eigenvalue weighted by Gasteiger charge is -2.33. The number of hydrogen-bond donors (Lipinski definition) is 2. The number of unbranched alkanes of at least 4 members (excludes halogenated alkanes) is 1. The third-order valence-electron chi connectivity index (χ3n) is 3.06. The maximum absolute atomic E-state index is 5.53. The van der Waals surface area contributed by atoms with Crippen LogP contribution in [-0.4, -0.2) is 29.5 Å². The molecule has 4 heteroatoms. The highest BCUT2D eigenvalue weighted by atomic mass is 15.4. The van der Waals surface area contributed by atoms with Gasteiger partial charge in [0.05, 0.1) is 0 Å². The van der Waals surface area contributed by atoms with Crippen molar-refractivity contribution >= 4 is 5.96 Å². The van der Waals surface area contributed by atoms with Crippen molar-refractivity contribution in [1.82, 2.24) is 10.3 Å². The Labute approximate surface area is 92.9 Å². The lowest BCUT2D eigenvalue weighted by atomic mass is 10.0. The van der Waals surface area contributed by atoms with Crippen LogP contribution in [0.15, 0.2) is 4.99 Å². The summed E-state index contributed by atoms with van der Waals surface area (Å²) in [6.07, 6.45) is 4.73. The quantitative estimate of drug-likeness (QED) is 0.245. The molecule has 1 saturated heterocycles. The smallest absolute Gasteiger partial charge is 0.208 e. The van der Waals surface area contributed by atoms with Gasteiger partial charge in [0.25, 0.3) is 0 Å². The van der Waals surface area contributed by atoms with Crippen LogP contribution in [0.2, 0.25) is 0 Å². The molecule has 0 atom stereocenters. The van der Waals surface area contributed by atoms with E-state index in [0.29, 0.717) is 0 Å². The Hall–Kier alpha value is -0.770. The first kappa shape index (κ1) is 12.3. The lowest BCUT2D eigenvalue weighted by molar-refractivity contribution is 0.272. The van der Waals surface area contributed by atoms with Gasteiger partial charge in [-0.25, -0.2) is 5.84 Å². The molecule has 1 aliphatic rings. The van der Waals surface area contributed by atoms with Crippen molar-refractivity contribution in [3.05, 3.63) is 0 Å². The Morgan fingerprint density at radius 2 is 2.27 bits per heavy atom. The van der Waals surface area contributed by atoms with E-state index >= 15 is 0 Å². The highest BCUT2D eigenvalue weighted by Crippen LogP contribution is 2.27. The number of nitrogens with one attached hydrogen (secondary N) is 1. The molecule has 0 aromatic rings. The van der Waals surface area contributed by atoms with E-state index in [1.807, 2.05) is 0 Å². The molecule has 0 saturated carbocycles. The predicted molar refractivity (Wildman–Crippen MR) is 64.6 cm³/mol. The summed E-state index contributed by atoms with van der Waals surface area (Å²) in [6, 6.07) is 0. The fourth-order valence-electron chi connectivity index (χ4n) is 2.05. The van der Waals surface area contributed by atoms with Crippen molar-refractivity contribution in [2.24, 2.45) is 10.8 Å². The molecular formula is C11H24N4. The number of guanidine groups is 1. The minimum Gasteiger partial charge on any atom is -0.337 e. The maximum Gasteiger partial charge on any atom is 0.208 e. The molecule has 0 radical (unpaired) electrons. The van der Waals surface area contributed by atoms with Crippen molar-refractivity contribution in [2.45, 2.75) is 52.0 Å². The van der Waals surface area contributed by atoms with Gasteiger partial charge in [0.2, 0.25) is 5.96 Å². The molecule has 1 aliphatic heterocycles. The van der Waals surface area contributed by atoms with Crippen LogP contribution in [0.1, 0.15) is 46.5 Å². The summed E-state index contributed by atoms with van der Waals surface area (Å²) in [5.74, 6) is 6.39. The fraction of sp³-hybridized carbons (Fsp3) is 0.909. The molecule has 3 N–H and O–H groups in total. The van der Waals surface area contributed by atoms with E-state index in [2.05, 4.69) is 36.1 Å². The molecule has 0 aliphatic carbocycles. The first-order valence-electron chi connectivity index (χ1n) is 5.90. The number of hydrazine groups is 1. The van der Waals surface area contributed by atoms with E-state index in [9.17, 15) is 0 Å². The molecule has 0 aromatic carbocycles. The molecule has 1 fully saturated rings. The number of aliphatic imine (C=N–C) groups is 1. The van der Waals surface area contributed by atoms with Crippen molar-refractivity contribution in [1.29, 1.82) is 0 Å². The van der Waals surface area contributed by atoms with Gasteiger partial charge in [-0.3, -0.25) is 10.4 Å². The second-order valence-electron chi connectivity index (χ2n) is 4.77. The van der Waals surface area contributed by atoms with Gasteiger partial charge in [-0.1, -0.05) is 13.3 Å². The van der Waals surface area contributed by atoms with Crippen LogP contribution in [0.3, 0.4) is 0 Å². The van der Waals surface area contributed by atoms with E-state index in [-0.39, 0.29) is 5.54 Å². The summed E-state index contributed by atoms with van der Waals surface area (Å²) in [4.78, 5) is 6.80. The SMILES string of the molecule is CCCCN=C(NN)N1CCCC1(C)C. The zero-order chi connectivity index (χ0) is 11.3. The average molecular weight is 212 g/mol. The molecule has 0 aromatic heterocycles. The standard InChI is InChI=1S/C11H24N4/c1-4-5-8-13-10(14-12)15-9-6-7-11(15,2)3/h4-9,12H2,1-3H3,(H,13,14). The second kappa shape index (κ2) is 5.35. The summed E-state index contributed by atoms with van der Waals surface area (Å²) in [7, 11) is 0. The summed E-state index contributed by atoms with van der Waals surface area (Å²) in [5, 5.41) is 0. The van der Waals surface area contributed by atoms with Crippen molar-refractivity contribution < 1.29 is 0 Å². The summed E-state index contributed by atoms with van der Waals surface area (Å²) >= 11 is 0. The second-order valence-corrected chi connectivity index (χ2v) is 4.77. The largest absolute Gasteiger partial charge is 0.337 e. The first-order chi connectivity index (χ1) is 7.11. The molecule has 4 nitrogen and oxygen atoms in total. The van der Waals surface area contributed by atoms with Gasteiger partial charge in [0, 0.05) is 18.6 Å². The van der Waals surface area contributed by atoms with Crippen LogP contribution in [0.4, 0.5) is 0 Å². The van der Waals surface area contributed by atoms with Crippen LogP contribution in [-0.2, 0) is 0 Å². The number of rotatable bonds is 3. The minimum atomic E-state index is 0.192. The number of nitrogens with zero attached hydrogens (tertiary/aromatic N) is 2. The van der Waals surface area contributed by atoms with E-state index in [1.165, 1.54) is 19.3 Å². The minimum absolute atomic E-state index is 0.192. The molecule has 1 heterocycles. The van der Waals surface area contributed by atoms with Crippen LogP contribution in [0, 0.1) is 0 Å². The lowest BCUT2D eigenvalue weighted by Crippen LogP contribution is -2.51. The Bertz CT molecular complexity index is 223. The molecule has 0 spiro atoms. The van der Waals surface area contributed by atoms with E-state index in [0.717, 1.165) is 25.5 Å². The molecule has 1 rings (SSSR count). The summed E-state index contributed by atoms with van der Waals surface area (Å²) in [5.41, 5.74) is 2.93. The van der Waals surface area contributed by atoms with Gasteiger partial charge < -0.3 is 4.90 Å². The molecule has 88 valence electrons. The average Bonchev–Trinajstić information content (AvgIpc) is 2.53. The van der Waals surface area contributed by atoms with E-state index in [4.69, 9.17) is 5.84 Å².